The van der Waals surface area contributed by atoms with Crippen molar-refractivity contribution in [2.45, 2.75) is 226 Å². The minimum Gasteiger partial charge on any atom is -0.490 e. The zero-order chi connectivity index (χ0) is 75.8. The van der Waals surface area contributed by atoms with Gasteiger partial charge in [-0.2, -0.15) is 0 Å². The summed E-state index contributed by atoms with van der Waals surface area (Å²) in [4.78, 5) is 26.4. The molecule has 3 heterocycles. The lowest BCUT2D eigenvalue weighted by Crippen LogP contribution is -2.32. The van der Waals surface area contributed by atoms with Crippen LogP contribution in [0.15, 0.2) is 72.8 Å². The Morgan fingerprint density at radius 3 is 0.722 bits per heavy atom. The predicted octanol–water partition coefficient (Wildman–Crippen LogP) is 19.6. The van der Waals surface area contributed by atoms with Crippen molar-refractivity contribution in [3.63, 3.8) is 0 Å². The van der Waals surface area contributed by atoms with Crippen LogP contribution in [-0.2, 0) is 55.7 Å². The summed E-state index contributed by atoms with van der Waals surface area (Å²) in [6.07, 6.45) is 37.2. The Hall–Kier alpha value is -6.40. The lowest BCUT2D eigenvalue weighted by atomic mass is 10.1. The molecule has 4 aromatic carbocycles. The molecule has 0 fully saturated rings. The Morgan fingerprint density at radius 2 is 0.454 bits per heavy atom. The van der Waals surface area contributed by atoms with E-state index in [1.54, 1.807) is 21.3 Å². The molecule has 1 aliphatic rings. The van der Waals surface area contributed by atoms with E-state index in [1.165, 1.54) is 154 Å². The number of ether oxygens (including phenoxy) is 15. The lowest BCUT2D eigenvalue weighted by molar-refractivity contribution is 0.0146. The van der Waals surface area contributed by atoms with Gasteiger partial charge in [0.1, 0.15) is 19.8 Å². The molecule has 1 aliphatic heterocycles. The average molecular weight is 1510 g/mol. The van der Waals surface area contributed by atoms with Gasteiger partial charge in [-0.1, -0.05) is 218 Å². The molecule has 0 unspecified atom stereocenters. The second-order valence-corrected chi connectivity index (χ2v) is 28.0. The van der Waals surface area contributed by atoms with E-state index in [0.29, 0.717) is 163 Å². The first-order valence-corrected chi connectivity index (χ1v) is 41.6. The summed E-state index contributed by atoms with van der Waals surface area (Å²) in [6.45, 7) is 15.9. The number of benzene rings is 4. The highest BCUT2D eigenvalue weighted by molar-refractivity contribution is 5.93. The van der Waals surface area contributed by atoms with Crippen LogP contribution in [0, 0.1) is 0 Å². The number of methoxy groups -OCH3 is 3. The maximum atomic E-state index is 7.01. The van der Waals surface area contributed by atoms with Gasteiger partial charge >= 0.3 is 0 Å². The normalized spacial score (nSPS) is 12.0. The third-order valence-electron chi connectivity index (χ3n) is 19.0. The van der Waals surface area contributed by atoms with Crippen molar-refractivity contribution >= 4 is 45.3 Å². The maximum absolute atomic E-state index is 7.01. The van der Waals surface area contributed by atoms with Crippen LogP contribution in [0.5, 0.6) is 34.5 Å². The summed E-state index contributed by atoms with van der Waals surface area (Å²) < 4.78 is 91.5. The van der Waals surface area contributed by atoms with E-state index in [2.05, 4.69) is 42.7 Å². The van der Waals surface area contributed by atoms with E-state index in [0.717, 1.165) is 71.7 Å². The van der Waals surface area contributed by atoms with Crippen LogP contribution < -0.4 is 38.2 Å². The molecule has 21 heteroatoms. The third-order valence-corrected chi connectivity index (χ3v) is 19.0. The Kier molecular flexibility index (Phi) is 47.4. The van der Waals surface area contributed by atoms with Crippen LogP contribution in [0.1, 0.15) is 225 Å². The molecule has 0 saturated heterocycles. The molecular formula is C87H136N6O15. The quantitative estimate of drug-likeness (QED) is 0.0327. The van der Waals surface area contributed by atoms with Gasteiger partial charge in [0.2, 0.25) is 11.5 Å². The zero-order valence-electron chi connectivity index (χ0n) is 67.2. The van der Waals surface area contributed by atoms with E-state index >= 15 is 0 Å². The minimum atomic E-state index is 0.192. The Bertz CT molecular complexity index is 3030. The zero-order valence-corrected chi connectivity index (χ0v) is 67.2. The van der Waals surface area contributed by atoms with Gasteiger partial charge in [-0.15, -0.1) is 0 Å². The van der Waals surface area contributed by atoms with Crippen molar-refractivity contribution < 1.29 is 71.1 Å². The summed E-state index contributed by atoms with van der Waals surface area (Å²) in [6, 6.07) is 24.3. The fraction of sp³-hybridized carbons (Fsp3) is 0.678. The largest absolute Gasteiger partial charge is 0.490 e. The van der Waals surface area contributed by atoms with Crippen molar-refractivity contribution in [1.82, 2.24) is 19.9 Å². The molecule has 0 saturated carbocycles. The Balaban J connectivity index is 1.26. The first-order chi connectivity index (χ1) is 53.5. The molecule has 21 nitrogen and oxygen atoms in total. The van der Waals surface area contributed by atoms with Gasteiger partial charge < -0.3 is 80.9 Å². The number of rotatable bonds is 70. The molecule has 0 atom stereocenters. The van der Waals surface area contributed by atoms with Crippen molar-refractivity contribution in [3.8, 4) is 34.5 Å². The van der Waals surface area contributed by atoms with Gasteiger partial charge in [0.15, 0.2) is 46.3 Å². The van der Waals surface area contributed by atoms with Crippen LogP contribution in [0.2, 0.25) is 0 Å². The lowest BCUT2D eigenvalue weighted by Gasteiger charge is -2.37. The third kappa shape index (κ3) is 34.5. The van der Waals surface area contributed by atoms with E-state index in [1.807, 2.05) is 60.7 Å². The second kappa shape index (κ2) is 57.6. The highest BCUT2D eigenvalue weighted by atomic mass is 16.6. The highest BCUT2D eigenvalue weighted by Crippen LogP contribution is 2.49. The molecule has 0 bridgehead atoms. The number of unbranched alkanes of at least 4 members (excludes halogenated alkanes) is 27. The molecule has 0 radical (unpaired) electrons. The molecule has 0 spiro atoms. The van der Waals surface area contributed by atoms with E-state index in [9.17, 15) is 0 Å². The molecule has 0 aliphatic carbocycles. The summed E-state index contributed by atoms with van der Waals surface area (Å²) in [7, 11) is 4.96. The molecule has 108 heavy (non-hydrogen) atoms. The number of hydrogen-bond donors (Lipinski definition) is 0. The fourth-order valence-electron chi connectivity index (χ4n) is 13.0. The summed E-state index contributed by atoms with van der Waals surface area (Å²) in [5, 5.41) is 0. The van der Waals surface area contributed by atoms with Crippen LogP contribution in [0.3, 0.4) is 0 Å². The first kappa shape index (κ1) is 88.8. The molecule has 7 rings (SSSR count). The van der Waals surface area contributed by atoms with Gasteiger partial charge in [0.05, 0.1) is 154 Å². The average Bonchev–Trinajstić information content (AvgIpc) is 0.729. The van der Waals surface area contributed by atoms with Crippen molar-refractivity contribution in [2.24, 2.45) is 0 Å². The Labute approximate surface area is 648 Å². The molecule has 604 valence electrons. The first-order valence-electron chi connectivity index (χ1n) is 41.6. The topological polar surface area (TPSA) is 196 Å². The molecule has 0 amide bonds. The molecule has 6 aromatic rings. The molecular weight excluding hydrogens is 1370 g/mol. The van der Waals surface area contributed by atoms with Crippen molar-refractivity contribution in [3.05, 3.63) is 83.9 Å². The highest BCUT2D eigenvalue weighted by Gasteiger charge is 2.36. The number of anilines is 4. The number of para-hydroxylation sites is 4. The maximum Gasteiger partial charge on any atom is 0.203 e. The monoisotopic (exact) mass is 1510 g/mol. The summed E-state index contributed by atoms with van der Waals surface area (Å²) in [5.41, 5.74) is 4.66. The standard InChI is InChI=1S/C87H136N6O15/c1-7-10-13-16-19-22-25-28-31-38-45-103-78-66-72(67-79(104-46-39-32-29-26-23-20-17-14-11-8-2)82(78)107-47-40-33-30-27-24-21-18-15-12-9-3)70-92-84-86(90-76-43-36-34-41-74(76)88-84)93(87-85(92)89-75-42-35-37-44-77(75)91-87)71-73-68-80(105-63-60-100-57-54-97-51-48-94-4)83(108-65-62-102-59-56-99-53-50-96-6)81(69-73)106-64-61-101-58-55-98-52-49-95-5/h34-37,41-44,66-69H,7-33,38-40,45-65,70-71H2,1-6H3. The van der Waals surface area contributed by atoms with Gasteiger partial charge in [-0.3, -0.25) is 0 Å². The van der Waals surface area contributed by atoms with Crippen LogP contribution in [-0.4, -0.2) is 180 Å². The number of fused-ring (bicyclic) bond motifs is 4. The number of aromatic nitrogens is 4. The molecule has 0 N–H and O–H groups in total. The van der Waals surface area contributed by atoms with Gasteiger partial charge in [-0.25, -0.2) is 19.9 Å². The van der Waals surface area contributed by atoms with Crippen LogP contribution >= 0.6 is 0 Å². The van der Waals surface area contributed by atoms with Gasteiger partial charge in [-0.05, 0) is 78.9 Å². The summed E-state index contributed by atoms with van der Waals surface area (Å²) >= 11 is 0. The summed E-state index contributed by atoms with van der Waals surface area (Å²) in [5.74, 6) is 5.75. The SMILES string of the molecule is CCCCCCCCCCCCOc1cc(CN2c3nc4ccccc4nc3N(Cc3cc(OCCOCCOCCOC)c(OCCOCCOCCOC)c(OCCOCCOCCOC)c3)c3nc4ccccc4nc32)cc(OCCCCCCCCCCCC)c1OCCCCCCCCCCCC. The Morgan fingerprint density at radius 1 is 0.241 bits per heavy atom. The van der Waals surface area contributed by atoms with E-state index in [4.69, 9.17) is 91.0 Å². The van der Waals surface area contributed by atoms with E-state index in [-0.39, 0.29) is 46.2 Å². The smallest absolute Gasteiger partial charge is 0.203 e. The van der Waals surface area contributed by atoms with Crippen LogP contribution in [0.4, 0.5) is 23.3 Å². The predicted molar refractivity (Wildman–Crippen MR) is 433 cm³/mol. The van der Waals surface area contributed by atoms with Gasteiger partial charge in [0.25, 0.3) is 0 Å². The minimum absolute atomic E-state index is 0.192. The fourth-order valence-corrected chi connectivity index (χ4v) is 13.0. The van der Waals surface area contributed by atoms with Crippen molar-refractivity contribution in [2.75, 3.05) is 170 Å². The van der Waals surface area contributed by atoms with Crippen LogP contribution in [0.25, 0.3) is 22.1 Å². The number of hydrogen-bond acceptors (Lipinski definition) is 21. The molecule has 2 aromatic heterocycles. The number of nitrogens with zero attached hydrogens (tertiary/aromatic N) is 6. The van der Waals surface area contributed by atoms with E-state index < -0.39 is 0 Å². The van der Waals surface area contributed by atoms with Gasteiger partial charge in [0, 0.05) is 21.3 Å². The second-order valence-electron chi connectivity index (χ2n) is 28.0. The van der Waals surface area contributed by atoms with Crippen molar-refractivity contribution in [1.29, 1.82) is 0 Å².